The van der Waals surface area contributed by atoms with E-state index in [-0.39, 0.29) is 36.7 Å². The van der Waals surface area contributed by atoms with Crippen molar-refractivity contribution in [3.8, 4) is 5.75 Å². The van der Waals surface area contributed by atoms with E-state index in [1.165, 1.54) is 4.90 Å². The van der Waals surface area contributed by atoms with Gasteiger partial charge in [0.1, 0.15) is 11.8 Å². The highest BCUT2D eigenvalue weighted by atomic mass is 16.5. The monoisotopic (exact) mass is 389 g/mol. The summed E-state index contributed by atoms with van der Waals surface area (Å²) in [7, 11) is 0. The molecule has 1 saturated heterocycles. The molecular formula is C20H27N3O5. The zero-order valence-electron chi connectivity index (χ0n) is 15.8. The van der Waals surface area contributed by atoms with Crippen LogP contribution in [0.1, 0.15) is 56.9 Å². The average molecular weight is 389 g/mol. The molecule has 1 atom stereocenters. The Kier molecular flexibility index (Phi) is 6.51. The third-order valence-corrected chi connectivity index (χ3v) is 5.56. The van der Waals surface area contributed by atoms with Crippen LogP contribution in [0, 0.1) is 0 Å². The number of phenols is 1. The number of amides is 4. The standard InChI is InChI=1S/C20H27N3O5/c24-16-9-4-6-14(12-16)13-22-17(10-5-11-18(25)21-28)19(26)23(20(22)27)15-7-2-1-3-8-15/h4,6,9,12,15,17,24,28H,1-3,5,7-8,10-11,13H2,(H,21,25). The third kappa shape index (κ3) is 4.44. The molecule has 1 aliphatic carbocycles. The number of nitrogens with one attached hydrogen (secondary N) is 1. The number of urea groups is 1. The summed E-state index contributed by atoms with van der Waals surface area (Å²) < 4.78 is 0. The van der Waals surface area contributed by atoms with Crippen LogP contribution in [0.25, 0.3) is 0 Å². The highest BCUT2D eigenvalue weighted by molar-refractivity contribution is 6.04. The third-order valence-electron chi connectivity index (χ3n) is 5.56. The Balaban J connectivity index is 1.78. The maximum atomic E-state index is 13.1. The molecule has 2 fully saturated rings. The number of hydrogen-bond acceptors (Lipinski definition) is 5. The van der Waals surface area contributed by atoms with E-state index in [1.807, 2.05) is 0 Å². The lowest BCUT2D eigenvalue weighted by Crippen LogP contribution is -2.42. The molecule has 1 aliphatic heterocycles. The summed E-state index contributed by atoms with van der Waals surface area (Å²) in [6.07, 6.45) is 5.61. The summed E-state index contributed by atoms with van der Waals surface area (Å²) >= 11 is 0. The van der Waals surface area contributed by atoms with Gasteiger partial charge >= 0.3 is 6.03 Å². The van der Waals surface area contributed by atoms with Crippen molar-refractivity contribution in [1.29, 1.82) is 0 Å². The molecule has 0 bridgehead atoms. The van der Waals surface area contributed by atoms with Crippen molar-refractivity contribution in [3.63, 3.8) is 0 Å². The summed E-state index contributed by atoms with van der Waals surface area (Å²) in [6.45, 7) is 0.221. The van der Waals surface area contributed by atoms with Crippen LogP contribution in [-0.4, -0.2) is 50.0 Å². The van der Waals surface area contributed by atoms with Crippen molar-refractivity contribution in [2.24, 2.45) is 0 Å². The first-order valence-corrected chi connectivity index (χ1v) is 9.85. The summed E-state index contributed by atoms with van der Waals surface area (Å²) in [5.74, 6) is -0.613. The Bertz CT molecular complexity index is 732. The second kappa shape index (κ2) is 9.05. The fraction of sp³-hybridized carbons (Fsp3) is 0.550. The van der Waals surface area contributed by atoms with Crippen LogP contribution >= 0.6 is 0 Å². The summed E-state index contributed by atoms with van der Waals surface area (Å²) in [4.78, 5) is 40.5. The van der Waals surface area contributed by atoms with Gasteiger partial charge in [0, 0.05) is 19.0 Å². The second-order valence-corrected chi connectivity index (χ2v) is 7.52. The fourth-order valence-electron chi connectivity index (χ4n) is 4.16. The maximum absolute atomic E-state index is 13.1. The lowest BCUT2D eigenvalue weighted by Gasteiger charge is -2.29. The molecule has 1 aromatic rings. The van der Waals surface area contributed by atoms with Gasteiger partial charge in [0.15, 0.2) is 0 Å². The van der Waals surface area contributed by atoms with Crippen molar-refractivity contribution in [2.75, 3.05) is 0 Å². The number of carbonyl (C=O) groups excluding carboxylic acids is 3. The van der Waals surface area contributed by atoms with Gasteiger partial charge in [-0.1, -0.05) is 31.4 Å². The average Bonchev–Trinajstić information content (AvgIpc) is 2.92. The minimum Gasteiger partial charge on any atom is -0.508 e. The Morgan fingerprint density at radius 3 is 2.61 bits per heavy atom. The number of benzene rings is 1. The van der Waals surface area contributed by atoms with Gasteiger partial charge in [0.05, 0.1) is 0 Å². The van der Waals surface area contributed by atoms with Crippen molar-refractivity contribution in [3.05, 3.63) is 29.8 Å². The molecule has 1 aromatic carbocycles. The van der Waals surface area contributed by atoms with Gasteiger partial charge in [-0.2, -0.15) is 0 Å². The fourth-order valence-corrected chi connectivity index (χ4v) is 4.16. The van der Waals surface area contributed by atoms with Crippen LogP contribution in [0.5, 0.6) is 5.75 Å². The first kappa shape index (κ1) is 20.1. The van der Waals surface area contributed by atoms with E-state index in [0.717, 1.165) is 37.7 Å². The molecule has 8 nitrogen and oxygen atoms in total. The Morgan fingerprint density at radius 1 is 1.18 bits per heavy atom. The van der Waals surface area contributed by atoms with Gasteiger partial charge in [-0.25, -0.2) is 10.3 Å². The highest BCUT2D eigenvalue weighted by Gasteiger charge is 2.47. The number of rotatable bonds is 7. The molecule has 2 aliphatic rings. The van der Waals surface area contributed by atoms with Gasteiger partial charge in [-0.05, 0) is 43.4 Å². The molecule has 1 saturated carbocycles. The number of phenolic OH excluding ortho intramolecular Hbond substituents is 1. The van der Waals surface area contributed by atoms with Crippen LogP contribution in [0.2, 0.25) is 0 Å². The molecule has 152 valence electrons. The molecular weight excluding hydrogens is 362 g/mol. The molecule has 0 aromatic heterocycles. The zero-order chi connectivity index (χ0) is 20.1. The maximum Gasteiger partial charge on any atom is 0.328 e. The van der Waals surface area contributed by atoms with Crippen molar-refractivity contribution < 1.29 is 24.7 Å². The molecule has 8 heteroatoms. The number of imide groups is 1. The van der Waals surface area contributed by atoms with Gasteiger partial charge < -0.3 is 10.0 Å². The predicted molar refractivity (Wildman–Crippen MR) is 100 cm³/mol. The quantitative estimate of drug-likeness (QED) is 0.377. The lowest BCUT2D eigenvalue weighted by atomic mass is 9.94. The molecule has 3 N–H and O–H groups in total. The van der Waals surface area contributed by atoms with E-state index in [4.69, 9.17) is 5.21 Å². The Labute approximate surface area is 164 Å². The van der Waals surface area contributed by atoms with Crippen molar-refractivity contribution >= 4 is 17.8 Å². The van der Waals surface area contributed by atoms with E-state index in [0.29, 0.717) is 12.8 Å². The number of hydroxylamine groups is 1. The van der Waals surface area contributed by atoms with E-state index < -0.39 is 11.9 Å². The van der Waals surface area contributed by atoms with E-state index in [2.05, 4.69) is 0 Å². The summed E-state index contributed by atoms with van der Waals surface area (Å²) in [6, 6.07) is 5.65. The summed E-state index contributed by atoms with van der Waals surface area (Å²) in [5.41, 5.74) is 2.33. The Morgan fingerprint density at radius 2 is 1.93 bits per heavy atom. The zero-order valence-corrected chi connectivity index (χ0v) is 15.8. The van der Waals surface area contributed by atoms with Gasteiger partial charge in [-0.15, -0.1) is 0 Å². The van der Waals surface area contributed by atoms with Gasteiger partial charge in [0.25, 0.3) is 5.91 Å². The van der Waals surface area contributed by atoms with Crippen molar-refractivity contribution in [2.45, 2.75) is 70.0 Å². The molecule has 0 radical (unpaired) electrons. The first-order valence-electron chi connectivity index (χ1n) is 9.85. The predicted octanol–water partition coefficient (Wildman–Crippen LogP) is 2.53. The number of nitrogens with zero attached hydrogens (tertiary/aromatic N) is 2. The van der Waals surface area contributed by atoms with E-state index in [9.17, 15) is 19.5 Å². The molecule has 28 heavy (non-hydrogen) atoms. The highest BCUT2D eigenvalue weighted by Crippen LogP contribution is 2.31. The topological polar surface area (TPSA) is 110 Å². The number of hydrogen-bond donors (Lipinski definition) is 3. The largest absolute Gasteiger partial charge is 0.508 e. The molecule has 1 unspecified atom stereocenters. The van der Waals surface area contributed by atoms with E-state index in [1.54, 1.807) is 34.6 Å². The number of carbonyl (C=O) groups is 3. The molecule has 3 rings (SSSR count). The Hall–Kier alpha value is -2.61. The molecule has 1 heterocycles. The van der Waals surface area contributed by atoms with E-state index >= 15 is 0 Å². The number of aromatic hydroxyl groups is 1. The molecule has 0 spiro atoms. The smallest absolute Gasteiger partial charge is 0.328 e. The van der Waals surface area contributed by atoms with Gasteiger partial charge in [0.2, 0.25) is 5.91 Å². The normalized spacial score (nSPS) is 20.7. The van der Waals surface area contributed by atoms with Crippen molar-refractivity contribution in [1.82, 2.24) is 15.3 Å². The summed E-state index contributed by atoms with van der Waals surface area (Å²) in [5, 5.41) is 18.4. The minimum absolute atomic E-state index is 0.0637. The lowest BCUT2D eigenvalue weighted by molar-refractivity contribution is -0.132. The second-order valence-electron chi connectivity index (χ2n) is 7.52. The van der Waals surface area contributed by atoms with Gasteiger partial charge in [-0.3, -0.25) is 19.7 Å². The molecule has 4 amide bonds. The van der Waals surface area contributed by atoms with Crippen LogP contribution < -0.4 is 5.48 Å². The van der Waals surface area contributed by atoms with Crippen LogP contribution in [0.15, 0.2) is 24.3 Å². The SMILES string of the molecule is O=C(CCCC1C(=O)N(C2CCCCC2)C(=O)N1Cc1cccc(O)c1)NO. The van der Waals surface area contributed by atoms with Crippen LogP contribution in [0.4, 0.5) is 4.79 Å². The first-order chi connectivity index (χ1) is 13.5. The van der Waals surface area contributed by atoms with Crippen LogP contribution in [0.3, 0.4) is 0 Å². The minimum atomic E-state index is -0.636. The van der Waals surface area contributed by atoms with Crippen LogP contribution in [-0.2, 0) is 16.1 Å².